The van der Waals surface area contributed by atoms with Crippen LogP contribution in [0.2, 0.25) is 15.1 Å². The highest BCUT2D eigenvalue weighted by atomic mass is 35.5. The van der Waals surface area contributed by atoms with Gasteiger partial charge in [0.2, 0.25) is 0 Å². The standard InChI is InChI=1S/C8H3Cl3O3/c9-3-1-4(10)6(5(11)2-3)7(12)8(13)14/h1-2H,(H,13,14). The second-order valence-corrected chi connectivity index (χ2v) is 3.63. The summed E-state index contributed by atoms with van der Waals surface area (Å²) in [5.74, 6) is -2.77. The molecule has 0 radical (unpaired) electrons. The van der Waals surface area contributed by atoms with Crippen LogP contribution in [0.3, 0.4) is 0 Å². The molecular formula is C8H3Cl3O3. The molecule has 0 spiro atoms. The van der Waals surface area contributed by atoms with Gasteiger partial charge in [-0.3, -0.25) is 4.79 Å². The number of halogens is 3. The summed E-state index contributed by atoms with van der Waals surface area (Å²) in [5.41, 5.74) is -0.245. The summed E-state index contributed by atoms with van der Waals surface area (Å²) in [7, 11) is 0. The van der Waals surface area contributed by atoms with Gasteiger partial charge >= 0.3 is 5.97 Å². The van der Waals surface area contributed by atoms with Crippen LogP contribution in [-0.2, 0) is 4.79 Å². The normalized spacial score (nSPS) is 9.93. The van der Waals surface area contributed by atoms with Gasteiger partial charge in [0.25, 0.3) is 5.78 Å². The van der Waals surface area contributed by atoms with E-state index in [1.54, 1.807) is 0 Å². The molecule has 0 atom stereocenters. The van der Waals surface area contributed by atoms with Gasteiger partial charge in [-0.25, -0.2) is 4.79 Å². The van der Waals surface area contributed by atoms with Crippen molar-refractivity contribution in [3.05, 3.63) is 32.8 Å². The minimum atomic E-state index is -1.61. The molecule has 0 amide bonds. The number of carboxylic acid groups (broad SMARTS) is 1. The van der Waals surface area contributed by atoms with Gasteiger partial charge < -0.3 is 5.11 Å². The number of carbonyl (C=O) groups is 2. The van der Waals surface area contributed by atoms with E-state index in [4.69, 9.17) is 39.9 Å². The summed E-state index contributed by atoms with van der Waals surface area (Å²) in [6, 6.07) is 2.51. The number of ketones is 1. The predicted octanol–water partition coefficient (Wildman–Crippen LogP) is 2.91. The van der Waals surface area contributed by atoms with Gasteiger partial charge in [-0.2, -0.15) is 0 Å². The third-order valence-electron chi connectivity index (χ3n) is 1.43. The zero-order chi connectivity index (χ0) is 10.9. The molecule has 0 unspecified atom stereocenters. The maximum Gasteiger partial charge on any atom is 0.377 e. The lowest BCUT2D eigenvalue weighted by Gasteiger charge is -2.03. The van der Waals surface area contributed by atoms with Gasteiger partial charge in [0, 0.05) is 5.02 Å². The maximum absolute atomic E-state index is 11.1. The van der Waals surface area contributed by atoms with Gasteiger partial charge in [0.15, 0.2) is 0 Å². The molecule has 0 aliphatic rings. The second-order valence-electron chi connectivity index (χ2n) is 2.38. The van der Waals surface area contributed by atoms with Crippen molar-refractivity contribution in [3.63, 3.8) is 0 Å². The van der Waals surface area contributed by atoms with E-state index >= 15 is 0 Å². The Morgan fingerprint density at radius 1 is 1.07 bits per heavy atom. The van der Waals surface area contributed by atoms with E-state index < -0.39 is 11.8 Å². The molecule has 1 N–H and O–H groups in total. The molecule has 0 saturated carbocycles. The van der Waals surface area contributed by atoms with Crippen LogP contribution in [0.4, 0.5) is 0 Å². The van der Waals surface area contributed by atoms with E-state index in [1.807, 2.05) is 0 Å². The second kappa shape index (κ2) is 4.17. The minimum Gasteiger partial charge on any atom is -0.475 e. The molecule has 1 aromatic rings. The molecule has 0 saturated heterocycles. The monoisotopic (exact) mass is 252 g/mol. The van der Waals surface area contributed by atoms with Crippen molar-refractivity contribution < 1.29 is 14.7 Å². The zero-order valence-corrected chi connectivity index (χ0v) is 8.82. The highest BCUT2D eigenvalue weighted by Gasteiger charge is 2.21. The third kappa shape index (κ3) is 2.18. The summed E-state index contributed by atoms with van der Waals surface area (Å²) in [6.07, 6.45) is 0. The number of carboxylic acids is 1. The molecule has 0 fully saturated rings. The molecular weight excluding hydrogens is 250 g/mol. The first-order chi connectivity index (χ1) is 6.43. The van der Waals surface area contributed by atoms with Crippen molar-refractivity contribution >= 4 is 46.6 Å². The van der Waals surface area contributed by atoms with Crippen LogP contribution in [0.25, 0.3) is 0 Å². The number of aliphatic carboxylic acids is 1. The van der Waals surface area contributed by atoms with Crippen molar-refractivity contribution in [2.75, 3.05) is 0 Å². The lowest BCUT2D eigenvalue weighted by atomic mass is 10.1. The van der Waals surface area contributed by atoms with E-state index in [0.29, 0.717) is 0 Å². The number of hydrogen-bond acceptors (Lipinski definition) is 2. The summed E-state index contributed by atoms with van der Waals surface area (Å²) in [5, 5.41) is 8.54. The highest BCUT2D eigenvalue weighted by Crippen LogP contribution is 2.29. The Morgan fingerprint density at radius 3 is 1.86 bits per heavy atom. The molecule has 3 nitrogen and oxygen atoms in total. The van der Waals surface area contributed by atoms with E-state index in [9.17, 15) is 9.59 Å². The first-order valence-electron chi connectivity index (χ1n) is 3.35. The topological polar surface area (TPSA) is 54.4 Å². The average molecular weight is 253 g/mol. The molecule has 0 bridgehead atoms. The molecule has 1 rings (SSSR count). The molecule has 6 heteroatoms. The van der Waals surface area contributed by atoms with E-state index in [0.717, 1.165) is 0 Å². The zero-order valence-electron chi connectivity index (χ0n) is 6.55. The summed E-state index contributed by atoms with van der Waals surface area (Å²) in [4.78, 5) is 21.5. The lowest BCUT2D eigenvalue weighted by molar-refractivity contribution is -0.131. The van der Waals surface area contributed by atoms with Gasteiger partial charge in [-0.05, 0) is 12.1 Å². The first-order valence-corrected chi connectivity index (χ1v) is 4.49. The van der Waals surface area contributed by atoms with Gasteiger partial charge in [-0.15, -0.1) is 0 Å². The maximum atomic E-state index is 11.1. The first kappa shape index (κ1) is 11.3. The van der Waals surface area contributed by atoms with E-state index in [1.165, 1.54) is 12.1 Å². The van der Waals surface area contributed by atoms with Crippen molar-refractivity contribution in [3.8, 4) is 0 Å². The van der Waals surface area contributed by atoms with E-state index in [-0.39, 0.29) is 20.6 Å². The third-order valence-corrected chi connectivity index (χ3v) is 2.24. The number of carbonyl (C=O) groups excluding carboxylic acids is 1. The Labute approximate surface area is 94.2 Å². The van der Waals surface area contributed by atoms with Crippen LogP contribution >= 0.6 is 34.8 Å². The smallest absolute Gasteiger partial charge is 0.377 e. The Morgan fingerprint density at radius 2 is 1.50 bits per heavy atom. The number of hydrogen-bond donors (Lipinski definition) is 1. The Kier molecular flexibility index (Phi) is 3.37. The van der Waals surface area contributed by atoms with Crippen molar-refractivity contribution in [1.29, 1.82) is 0 Å². The molecule has 0 aliphatic heterocycles. The molecule has 1 aromatic carbocycles. The molecule has 0 aromatic heterocycles. The Hall–Kier alpha value is -0.770. The fourth-order valence-electron chi connectivity index (χ4n) is 0.866. The van der Waals surface area contributed by atoms with Crippen LogP contribution < -0.4 is 0 Å². The van der Waals surface area contributed by atoms with Crippen molar-refractivity contribution in [1.82, 2.24) is 0 Å². The molecule has 0 heterocycles. The fraction of sp³-hybridized carbons (Fsp3) is 0. The van der Waals surface area contributed by atoms with Crippen molar-refractivity contribution in [2.24, 2.45) is 0 Å². The van der Waals surface area contributed by atoms with Crippen molar-refractivity contribution in [2.45, 2.75) is 0 Å². The molecule has 74 valence electrons. The minimum absolute atomic E-state index is 0.0742. The average Bonchev–Trinajstić information content (AvgIpc) is 2.01. The SMILES string of the molecule is O=C(O)C(=O)c1c(Cl)cc(Cl)cc1Cl. The van der Waals surface area contributed by atoms with Gasteiger partial charge in [0.05, 0.1) is 15.6 Å². The van der Waals surface area contributed by atoms with Gasteiger partial charge in [-0.1, -0.05) is 34.8 Å². The Bertz CT molecular complexity index is 391. The Balaban J connectivity index is 3.35. The fourth-order valence-corrected chi connectivity index (χ4v) is 1.85. The van der Waals surface area contributed by atoms with Crippen LogP contribution in [0.5, 0.6) is 0 Å². The summed E-state index contributed by atoms with van der Waals surface area (Å²) < 4.78 is 0. The predicted molar refractivity (Wildman–Crippen MR) is 53.4 cm³/mol. The quantitative estimate of drug-likeness (QED) is 0.651. The summed E-state index contributed by atoms with van der Waals surface area (Å²) in [6.45, 7) is 0. The molecule has 0 aliphatic carbocycles. The van der Waals surface area contributed by atoms with Crippen LogP contribution in [0.1, 0.15) is 10.4 Å². The number of Topliss-reactive ketones (excluding diaryl/α,β-unsaturated/α-hetero) is 1. The number of benzene rings is 1. The van der Waals surface area contributed by atoms with Crippen LogP contribution in [-0.4, -0.2) is 16.9 Å². The highest BCUT2D eigenvalue weighted by molar-refractivity contribution is 6.50. The summed E-state index contributed by atoms with van der Waals surface area (Å²) >= 11 is 16.8. The van der Waals surface area contributed by atoms with E-state index in [2.05, 4.69) is 0 Å². The largest absolute Gasteiger partial charge is 0.475 e. The van der Waals surface area contributed by atoms with Crippen LogP contribution in [0, 0.1) is 0 Å². The number of rotatable bonds is 2. The van der Waals surface area contributed by atoms with Gasteiger partial charge in [0.1, 0.15) is 0 Å². The lowest BCUT2D eigenvalue weighted by Crippen LogP contribution is -2.13. The molecule has 14 heavy (non-hydrogen) atoms. The van der Waals surface area contributed by atoms with Crippen LogP contribution in [0.15, 0.2) is 12.1 Å².